The summed E-state index contributed by atoms with van der Waals surface area (Å²) >= 11 is 0. The molecule has 2 atom stereocenters. The molecule has 90 valence electrons. The van der Waals surface area contributed by atoms with Crippen LogP contribution >= 0.6 is 0 Å². The molecule has 3 heteroatoms. The zero-order valence-corrected chi connectivity index (χ0v) is 10.5. The maximum absolute atomic E-state index is 5.91. The van der Waals surface area contributed by atoms with Gasteiger partial charge in [-0.2, -0.15) is 0 Å². The van der Waals surface area contributed by atoms with E-state index in [2.05, 4.69) is 25.2 Å². The van der Waals surface area contributed by atoms with Crippen molar-refractivity contribution < 1.29 is 9.15 Å². The highest BCUT2D eigenvalue weighted by Crippen LogP contribution is 2.26. The Morgan fingerprint density at radius 3 is 2.56 bits per heavy atom. The second-order valence-electron chi connectivity index (χ2n) is 4.95. The van der Waals surface area contributed by atoms with Crippen molar-refractivity contribution in [2.24, 2.45) is 5.92 Å². The molecule has 1 aromatic heterocycles. The first kappa shape index (κ1) is 11.7. The van der Waals surface area contributed by atoms with Crippen molar-refractivity contribution in [3.8, 4) is 0 Å². The summed E-state index contributed by atoms with van der Waals surface area (Å²) in [6, 6.07) is 2.56. The van der Waals surface area contributed by atoms with Crippen molar-refractivity contribution in [2.75, 3.05) is 13.2 Å². The first-order valence-electron chi connectivity index (χ1n) is 6.00. The smallest absolute Gasteiger partial charge is 0.106 e. The molecule has 0 radical (unpaired) electrons. The second-order valence-corrected chi connectivity index (χ2v) is 4.95. The van der Waals surface area contributed by atoms with Crippen LogP contribution in [-0.4, -0.2) is 19.2 Å². The predicted molar refractivity (Wildman–Crippen MR) is 63.5 cm³/mol. The molecule has 1 fully saturated rings. The molecule has 0 spiro atoms. The molecule has 1 saturated heterocycles. The third-order valence-corrected chi connectivity index (χ3v) is 3.27. The topological polar surface area (TPSA) is 34.4 Å². The summed E-state index contributed by atoms with van der Waals surface area (Å²) in [5.41, 5.74) is 1.19. The van der Waals surface area contributed by atoms with E-state index < -0.39 is 0 Å². The highest BCUT2D eigenvalue weighted by atomic mass is 16.5. The number of morpholine rings is 1. The Morgan fingerprint density at radius 2 is 2.12 bits per heavy atom. The summed E-state index contributed by atoms with van der Waals surface area (Å²) in [5.74, 6) is 2.56. The SMILES string of the molecule is Cc1cc(C2CNC(C(C)C)CO2)c(C)o1. The van der Waals surface area contributed by atoms with Crippen LogP contribution in [0.15, 0.2) is 10.5 Å². The number of hydrogen-bond donors (Lipinski definition) is 1. The maximum atomic E-state index is 5.91. The van der Waals surface area contributed by atoms with Gasteiger partial charge >= 0.3 is 0 Å². The van der Waals surface area contributed by atoms with Crippen molar-refractivity contribution in [1.82, 2.24) is 5.32 Å². The lowest BCUT2D eigenvalue weighted by atomic mass is 10.0. The highest BCUT2D eigenvalue weighted by molar-refractivity contribution is 5.23. The van der Waals surface area contributed by atoms with Gasteiger partial charge in [0.15, 0.2) is 0 Å². The molecule has 0 amide bonds. The van der Waals surface area contributed by atoms with E-state index in [0.717, 1.165) is 24.7 Å². The Hall–Kier alpha value is -0.800. The molecule has 1 aromatic rings. The van der Waals surface area contributed by atoms with Gasteiger partial charge in [0.25, 0.3) is 0 Å². The fraction of sp³-hybridized carbons (Fsp3) is 0.692. The quantitative estimate of drug-likeness (QED) is 0.836. The van der Waals surface area contributed by atoms with Crippen LogP contribution in [-0.2, 0) is 4.74 Å². The maximum Gasteiger partial charge on any atom is 0.106 e. The van der Waals surface area contributed by atoms with Gasteiger partial charge < -0.3 is 14.5 Å². The van der Waals surface area contributed by atoms with Crippen LogP contribution in [0.5, 0.6) is 0 Å². The summed E-state index contributed by atoms with van der Waals surface area (Å²) in [4.78, 5) is 0. The van der Waals surface area contributed by atoms with E-state index in [1.807, 2.05) is 13.8 Å². The largest absolute Gasteiger partial charge is 0.466 e. The first-order valence-corrected chi connectivity index (χ1v) is 6.00. The molecule has 1 aliphatic rings. The minimum atomic E-state index is 0.146. The minimum absolute atomic E-state index is 0.146. The van der Waals surface area contributed by atoms with Gasteiger partial charge in [0.2, 0.25) is 0 Å². The van der Waals surface area contributed by atoms with Gasteiger partial charge in [-0.15, -0.1) is 0 Å². The Labute approximate surface area is 97.2 Å². The molecule has 2 unspecified atom stereocenters. The van der Waals surface area contributed by atoms with E-state index in [0.29, 0.717) is 12.0 Å². The lowest BCUT2D eigenvalue weighted by Crippen LogP contribution is -2.45. The molecule has 1 aliphatic heterocycles. The lowest BCUT2D eigenvalue weighted by molar-refractivity contribution is -0.00778. The Kier molecular flexibility index (Phi) is 3.36. The van der Waals surface area contributed by atoms with E-state index in [4.69, 9.17) is 9.15 Å². The molecular weight excluding hydrogens is 202 g/mol. The summed E-state index contributed by atoms with van der Waals surface area (Å²) < 4.78 is 11.4. The fourth-order valence-electron chi connectivity index (χ4n) is 2.19. The molecule has 16 heavy (non-hydrogen) atoms. The fourth-order valence-corrected chi connectivity index (χ4v) is 2.19. The molecule has 0 bridgehead atoms. The predicted octanol–water partition coefficient (Wildman–Crippen LogP) is 2.58. The van der Waals surface area contributed by atoms with Crippen LogP contribution < -0.4 is 5.32 Å². The van der Waals surface area contributed by atoms with Gasteiger partial charge in [0, 0.05) is 18.2 Å². The summed E-state index contributed by atoms with van der Waals surface area (Å²) in [6.45, 7) is 10.1. The van der Waals surface area contributed by atoms with Crippen LogP contribution in [0.4, 0.5) is 0 Å². The number of furan rings is 1. The normalized spacial score (nSPS) is 26.3. The molecule has 1 N–H and O–H groups in total. The standard InChI is InChI=1S/C13H21NO2/c1-8(2)12-7-15-13(6-14-12)11-5-9(3)16-10(11)4/h5,8,12-14H,6-7H2,1-4H3. The van der Waals surface area contributed by atoms with Crippen LogP contribution in [0.2, 0.25) is 0 Å². The lowest BCUT2D eigenvalue weighted by Gasteiger charge is -2.32. The second kappa shape index (κ2) is 4.60. The van der Waals surface area contributed by atoms with Gasteiger partial charge in [-0.1, -0.05) is 13.8 Å². The number of ether oxygens (including phenoxy) is 1. The minimum Gasteiger partial charge on any atom is -0.466 e. The van der Waals surface area contributed by atoms with Crippen molar-refractivity contribution in [1.29, 1.82) is 0 Å². The summed E-state index contributed by atoms with van der Waals surface area (Å²) in [7, 11) is 0. The molecule has 2 heterocycles. The number of aryl methyl sites for hydroxylation is 2. The number of hydrogen-bond acceptors (Lipinski definition) is 3. The molecule has 0 aliphatic carbocycles. The van der Waals surface area contributed by atoms with Crippen LogP contribution in [0, 0.1) is 19.8 Å². The van der Waals surface area contributed by atoms with E-state index in [-0.39, 0.29) is 6.10 Å². The van der Waals surface area contributed by atoms with Gasteiger partial charge in [0.1, 0.15) is 11.5 Å². The zero-order chi connectivity index (χ0) is 11.7. The van der Waals surface area contributed by atoms with Crippen LogP contribution in [0.25, 0.3) is 0 Å². The monoisotopic (exact) mass is 223 g/mol. The first-order chi connectivity index (χ1) is 7.58. The summed E-state index contributed by atoms with van der Waals surface area (Å²) in [5, 5.41) is 3.54. The van der Waals surface area contributed by atoms with E-state index in [9.17, 15) is 0 Å². The number of nitrogens with one attached hydrogen (secondary N) is 1. The summed E-state index contributed by atoms with van der Waals surface area (Å²) in [6.07, 6.45) is 0.146. The van der Waals surface area contributed by atoms with Gasteiger partial charge in [0.05, 0.1) is 12.7 Å². The van der Waals surface area contributed by atoms with Crippen LogP contribution in [0.1, 0.15) is 37.0 Å². The van der Waals surface area contributed by atoms with Crippen molar-refractivity contribution in [3.63, 3.8) is 0 Å². The number of rotatable bonds is 2. The van der Waals surface area contributed by atoms with Crippen molar-refractivity contribution in [3.05, 3.63) is 23.2 Å². The van der Waals surface area contributed by atoms with Crippen molar-refractivity contribution in [2.45, 2.75) is 39.8 Å². The Bertz CT molecular complexity index is 349. The molecule has 2 rings (SSSR count). The molecular formula is C13H21NO2. The van der Waals surface area contributed by atoms with Gasteiger partial charge in [-0.05, 0) is 25.8 Å². The Balaban J connectivity index is 2.01. The van der Waals surface area contributed by atoms with Gasteiger partial charge in [-0.3, -0.25) is 0 Å². The van der Waals surface area contributed by atoms with E-state index in [1.165, 1.54) is 5.56 Å². The third kappa shape index (κ3) is 2.30. The highest BCUT2D eigenvalue weighted by Gasteiger charge is 2.26. The van der Waals surface area contributed by atoms with Gasteiger partial charge in [-0.25, -0.2) is 0 Å². The molecule has 0 saturated carbocycles. The molecule has 0 aromatic carbocycles. The van der Waals surface area contributed by atoms with Crippen molar-refractivity contribution >= 4 is 0 Å². The molecule has 3 nitrogen and oxygen atoms in total. The Morgan fingerprint density at radius 1 is 1.38 bits per heavy atom. The zero-order valence-electron chi connectivity index (χ0n) is 10.5. The average molecular weight is 223 g/mol. The third-order valence-electron chi connectivity index (χ3n) is 3.27. The average Bonchev–Trinajstić information content (AvgIpc) is 2.58. The van der Waals surface area contributed by atoms with E-state index >= 15 is 0 Å². The van der Waals surface area contributed by atoms with E-state index in [1.54, 1.807) is 0 Å². The van der Waals surface area contributed by atoms with Crippen LogP contribution in [0.3, 0.4) is 0 Å².